The number of sulfonamides is 1. The number of nitrogens with one attached hydrogen (secondary N) is 1. The SMILES string of the molecule is Cc1ccccc1CNS(=O)(=O)c1ccc(CN)cc1. The van der Waals surface area contributed by atoms with Crippen LogP contribution >= 0.6 is 0 Å². The number of benzene rings is 2. The summed E-state index contributed by atoms with van der Waals surface area (Å²) in [6.07, 6.45) is 0. The van der Waals surface area contributed by atoms with Crippen LogP contribution in [0.3, 0.4) is 0 Å². The molecule has 20 heavy (non-hydrogen) atoms. The Morgan fingerprint density at radius 1 is 1.05 bits per heavy atom. The van der Waals surface area contributed by atoms with Crippen LogP contribution in [-0.2, 0) is 23.1 Å². The first-order valence-corrected chi connectivity index (χ1v) is 7.84. The van der Waals surface area contributed by atoms with Gasteiger partial charge in [-0.1, -0.05) is 36.4 Å². The van der Waals surface area contributed by atoms with Crippen molar-refractivity contribution in [2.75, 3.05) is 0 Å². The maximum Gasteiger partial charge on any atom is 0.240 e. The molecule has 0 aliphatic heterocycles. The summed E-state index contributed by atoms with van der Waals surface area (Å²) in [5.41, 5.74) is 8.43. The molecule has 4 nitrogen and oxygen atoms in total. The molecule has 5 heteroatoms. The molecule has 0 unspecified atom stereocenters. The van der Waals surface area contributed by atoms with Crippen LogP contribution in [0.25, 0.3) is 0 Å². The molecule has 106 valence electrons. The van der Waals surface area contributed by atoms with E-state index in [0.717, 1.165) is 16.7 Å². The lowest BCUT2D eigenvalue weighted by Crippen LogP contribution is -2.23. The van der Waals surface area contributed by atoms with Gasteiger partial charge in [-0.25, -0.2) is 13.1 Å². The topological polar surface area (TPSA) is 72.2 Å². The van der Waals surface area contributed by atoms with Crippen LogP contribution in [0, 0.1) is 6.92 Å². The van der Waals surface area contributed by atoms with Crippen molar-refractivity contribution in [1.29, 1.82) is 0 Å². The minimum atomic E-state index is -3.49. The van der Waals surface area contributed by atoms with Gasteiger partial charge in [0.15, 0.2) is 0 Å². The van der Waals surface area contributed by atoms with Gasteiger partial charge in [0.05, 0.1) is 4.90 Å². The average Bonchev–Trinajstić information content (AvgIpc) is 2.46. The maximum atomic E-state index is 12.2. The van der Waals surface area contributed by atoms with Crippen molar-refractivity contribution in [2.45, 2.75) is 24.9 Å². The van der Waals surface area contributed by atoms with Gasteiger partial charge in [-0.3, -0.25) is 0 Å². The average molecular weight is 290 g/mol. The minimum absolute atomic E-state index is 0.253. The van der Waals surface area contributed by atoms with E-state index in [0.29, 0.717) is 6.54 Å². The van der Waals surface area contributed by atoms with E-state index in [1.165, 1.54) is 0 Å². The molecular weight excluding hydrogens is 272 g/mol. The molecule has 0 atom stereocenters. The molecule has 2 aromatic rings. The Morgan fingerprint density at radius 3 is 2.30 bits per heavy atom. The van der Waals surface area contributed by atoms with E-state index >= 15 is 0 Å². The van der Waals surface area contributed by atoms with Gasteiger partial charge in [0, 0.05) is 13.1 Å². The van der Waals surface area contributed by atoms with Crippen molar-refractivity contribution in [1.82, 2.24) is 4.72 Å². The smallest absolute Gasteiger partial charge is 0.240 e. The van der Waals surface area contributed by atoms with Crippen LogP contribution in [0.2, 0.25) is 0 Å². The van der Waals surface area contributed by atoms with E-state index in [2.05, 4.69) is 4.72 Å². The van der Waals surface area contributed by atoms with E-state index in [9.17, 15) is 8.42 Å². The van der Waals surface area contributed by atoms with Gasteiger partial charge >= 0.3 is 0 Å². The number of hydrogen-bond acceptors (Lipinski definition) is 3. The Bertz CT molecular complexity index is 679. The highest BCUT2D eigenvalue weighted by atomic mass is 32.2. The molecule has 3 N–H and O–H groups in total. The predicted molar refractivity (Wildman–Crippen MR) is 79.5 cm³/mol. The van der Waals surface area contributed by atoms with E-state index in [1.54, 1.807) is 24.3 Å². The molecule has 0 heterocycles. The highest BCUT2D eigenvalue weighted by Crippen LogP contribution is 2.12. The first-order valence-electron chi connectivity index (χ1n) is 6.36. The van der Waals surface area contributed by atoms with Gasteiger partial charge < -0.3 is 5.73 Å². The number of rotatable bonds is 5. The highest BCUT2D eigenvalue weighted by molar-refractivity contribution is 7.89. The monoisotopic (exact) mass is 290 g/mol. The fourth-order valence-electron chi connectivity index (χ4n) is 1.87. The molecule has 0 aromatic heterocycles. The normalized spacial score (nSPS) is 11.5. The minimum Gasteiger partial charge on any atom is -0.326 e. The third kappa shape index (κ3) is 3.45. The van der Waals surface area contributed by atoms with Crippen molar-refractivity contribution < 1.29 is 8.42 Å². The zero-order valence-electron chi connectivity index (χ0n) is 11.3. The van der Waals surface area contributed by atoms with Gasteiger partial charge in [-0.2, -0.15) is 0 Å². The molecule has 0 amide bonds. The number of nitrogens with two attached hydrogens (primary N) is 1. The molecule has 2 rings (SSSR count). The first-order chi connectivity index (χ1) is 9.53. The number of hydrogen-bond donors (Lipinski definition) is 2. The molecule has 0 aliphatic rings. The van der Waals surface area contributed by atoms with Crippen LogP contribution in [0.15, 0.2) is 53.4 Å². The number of aryl methyl sites for hydroxylation is 1. The fraction of sp³-hybridized carbons (Fsp3) is 0.200. The standard InChI is InChI=1S/C15H18N2O2S/c1-12-4-2-3-5-14(12)11-17-20(18,19)15-8-6-13(10-16)7-9-15/h2-9,17H,10-11,16H2,1H3. The van der Waals surface area contributed by atoms with Gasteiger partial charge in [-0.05, 0) is 35.7 Å². The zero-order chi connectivity index (χ0) is 14.6. The summed E-state index contributed by atoms with van der Waals surface area (Å²) in [7, 11) is -3.49. The Balaban J connectivity index is 2.13. The second-order valence-corrected chi connectivity index (χ2v) is 6.37. The lowest BCUT2D eigenvalue weighted by molar-refractivity contribution is 0.581. The van der Waals surface area contributed by atoms with Gasteiger partial charge in [0.1, 0.15) is 0 Å². The molecule has 0 saturated carbocycles. The summed E-state index contributed by atoms with van der Waals surface area (Å²) in [5.74, 6) is 0. The Hall–Kier alpha value is -1.69. The van der Waals surface area contributed by atoms with E-state index in [1.807, 2.05) is 31.2 Å². The van der Waals surface area contributed by atoms with Crippen molar-refractivity contribution in [3.63, 3.8) is 0 Å². The molecular formula is C15H18N2O2S. The lowest BCUT2D eigenvalue weighted by atomic mass is 10.1. The molecule has 2 aromatic carbocycles. The van der Waals surface area contributed by atoms with Crippen molar-refractivity contribution >= 4 is 10.0 Å². The van der Waals surface area contributed by atoms with Crippen molar-refractivity contribution in [2.24, 2.45) is 5.73 Å². The van der Waals surface area contributed by atoms with E-state index < -0.39 is 10.0 Å². The summed E-state index contributed by atoms with van der Waals surface area (Å²) in [5, 5.41) is 0. The van der Waals surface area contributed by atoms with Gasteiger partial charge in [0.25, 0.3) is 0 Å². The second kappa shape index (κ2) is 6.17. The second-order valence-electron chi connectivity index (χ2n) is 4.60. The Kier molecular flexibility index (Phi) is 4.54. The highest BCUT2D eigenvalue weighted by Gasteiger charge is 2.13. The van der Waals surface area contributed by atoms with Crippen LogP contribution in [0.1, 0.15) is 16.7 Å². The third-order valence-electron chi connectivity index (χ3n) is 3.18. The molecule has 0 fully saturated rings. The Morgan fingerprint density at radius 2 is 1.70 bits per heavy atom. The van der Waals surface area contributed by atoms with Crippen molar-refractivity contribution in [3.05, 3.63) is 65.2 Å². The van der Waals surface area contributed by atoms with Crippen LogP contribution in [-0.4, -0.2) is 8.42 Å². The summed E-state index contributed by atoms with van der Waals surface area (Å²) >= 11 is 0. The first kappa shape index (κ1) is 14.7. The molecule has 0 spiro atoms. The molecule has 0 aliphatic carbocycles. The van der Waals surface area contributed by atoms with Crippen LogP contribution < -0.4 is 10.5 Å². The summed E-state index contributed by atoms with van der Waals surface area (Å²) in [6, 6.07) is 14.3. The molecule has 0 saturated heterocycles. The lowest BCUT2D eigenvalue weighted by Gasteiger charge is -2.09. The fourth-order valence-corrected chi connectivity index (χ4v) is 2.88. The quantitative estimate of drug-likeness (QED) is 0.884. The molecule has 0 bridgehead atoms. The summed E-state index contributed by atoms with van der Waals surface area (Å²) in [4.78, 5) is 0.253. The van der Waals surface area contributed by atoms with Crippen LogP contribution in [0.4, 0.5) is 0 Å². The largest absolute Gasteiger partial charge is 0.326 e. The van der Waals surface area contributed by atoms with Crippen molar-refractivity contribution in [3.8, 4) is 0 Å². The summed E-state index contributed by atoms with van der Waals surface area (Å²) in [6.45, 7) is 2.64. The summed E-state index contributed by atoms with van der Waals surface area (Å²) < 4.78 is 27.0. The Labute approximate surface area is 119 Å². The van der Waals surface area contributed by atoms with E-state index in [-0.39, 0.29) is 11.4 Å². The van der Waals surface area contributed by atoms with E-state index in [4.69, 9.17) is 5.73 Å². The predicted octanol–water partition coefficient (Wildman–Crippen LogP) is 1.93. The molecule has 0 radical (unpaired) electrons. The zero-order valence-corrected chi connectivity index (χ0v) is 12.2. The van der Waals surface area contributed by atoms with Crippen LogP contribution in [0.5, 0.6) is 0 Å². The van der Waals surface area contributed by atoms with Gasteiger partial charge in [-0.15, -0.1) is 0 Å². The van der Waals surface area contributed by atoms with Gasteiger partial charge in [0.2, 0.25) is 10.0 Å². The maximum absolute atomic E-state index is 12.2. The third-order valence-corrected chi connectivity index (χ3v) is 4.60.